The van der Waals surface area contributed by atoms with Crippen LogP contribution < -0.4 is 0 Å². The molecule has 6 rings (SSSR count). The second-order valence-electron chi connectivity index (χ2n) is 8.60. The number of nitrogens with zero attached hydrogens (tertiary/aromatic N) is 2. The third kappa shape index (κ3) is 5.57. The van der Waals surface area contributed by atoms with Crippen molar-refractivity contribution < 1.29 is 43.2 Å². The van der Waals surface area contributed by atoms with Crippen LogP contribution in [0.1, 0.15) is 19.5 Å². The summed E-state index contributed by atoms with van der Waals surface area (Å²) in [6, 6.07) is 22.9. The van der Waals surface area contributed by atoms with Crippen molar-refractivity contribution in [2.24, 2.45) is 0 Å². The molecule has 0 saturated carbocycles. The Hall–Kier alpha value is -4.13. The molecule has 6 nitrogen and oxygen atoms in total. The van der Waals surface area contributed by atoms with E-state index < -0.39 is 0 Å². The molecule has 193 valence electrons. The third-order valence-electron chi connectivity index (χ3n) is 5.61. The summed E-state index contributed by atoms with van der Waals surface area (Å²) >= 11 is 0. The largest absolute Gasteiger partial charge is 0.512 e. The van der Waals surface area contributed by atoms with E-state index in [0.717, 1.165) is 33.3 Å². The first-order valence-electron chi connectivity index (χ1n) is 11.5. The maximum absolute atomic E-state index is 13.2. The van der Waals surface area contributed by atoms with Crippen molar-refractivity contribution >= 4 is 39.0 Å². The monoisotopic (exact) mass is 686 g/mol. The first kappa shape index (κ1) is 26.9. The summed E-state index contributed by atoms with van der Waals surface area (Å²) in [5, 5.41) is 10.3. The molecule has 4 heterocycles. The molecule has 38 heavy (non-hydrogen) atoms. The Labute approximate surface area is 231 Å². The Balaban J connectivity index is 0.000000375. The van der Waals surface area contributed by atoms with Gasteiger partial charge in [0.05, 0.1) is 16.9 Å². The molecule has 0 spiro atoms. The number of halogens is 1. The van der Waals surface area contributed by atoms with Gasteiger partial charge in [-0.1, -0.05) is 17.0 Å². The summed E-state index contributed by atoms with van der Waals surface area (Å²) in [4.78, 5) is 19.3. The van der Waals surface area contributed by atoms with Gasteiger partial charge in [0.1, 0.15) is 11.6 Å². The topological polar surface area (TPSA) is 89.4 Å². The van der Waals surface area contributed by atoms with Crippen molar-refractivity contribution in [3.8, 4) is 22.6 Å². The number of ketones is 1. The summed E-state index contributed by atoms with van der Waals surface area (Å²) in [7, 11) is 0. The number of aliphatic hydroxyl groups excluding tert-OH is 1. The predicted octanol–water partition coefficient (Wildman–Crippen LogP) is 7.74. The summed E-state index contributed by atoms with van der Waals surface area (Å²) in [6.45, 7) is 4.79. The average molecular weight is 686 g/mol. The van der Waals surface area contributed by atoms with Crippen LogP contribution in [-0.4, -0.2) is 20.9 Å². The molecule has 0 bridgehead atoms. The van der Waals surface area contributed by atoms with E-state index in [2.05, 4.69) is 11.1 Å². The predicted molar refractivity (Wildman–Crippen MR) is 141 cm³/mol. The fourth-order valence-electron chi connectivity index (χ4n) is 4.02. The van der Waals surface area contributed by atoms with Crippen LogP contribution >= 0.6 is 0 Å². The first-order valence-corrected chi connectivity index (χ1v) is 11.5. The van der Waals surface area contributed by atoms with E-state index in [4.69, 9.17) is 18.9 Å². The molecule has 0 fully saturated rings. The first-order chi connectivity index (χ1) is 17.8. The van der Waals surface area contributed by atoms with Gasteiger partial charge in [-0.15, -0.1) is 18.2 Å². The van der Waals surface area contributed by atoms with Gasteiger partial charge in [0.15, 0.2) is 11.4 Å². The van der Waals surface area contributed by atoms with Gasteiger partial charge in [0, 0.05) is 48.9 Å². The minimum atomic E-state index is -0.283. The number of carbonyl (C=O) groups is 1. The van der Waals surface area contributed by atoms with E-state index >= 15 is 0 Å². The summed E-state index contributed by atoms with van der Waals surface area (Å²) in [5.41, 5.74) is 5.88. The average Bonchev–Trinajstić information content (AvgIpc) is 3.44. The van der Waals surface area contributed by atoms with E-state index in [0.29, 0.717) is 28.2 Å². The minimum absolute atomic E-state index is 0. The molecule has 0 saturated heterocycles. The summed E-state index contributed by atoms with van der Waals surface area (Å²) in [6.07, 6.45) is 1.17. The van der Waals surface area contributed by atoms with Crippen molar-refractivity contribution in [1.82, 2.24) is 9.97 Å². The van der Waals surface area contributed by atoms with Crippen LogP contribution in [-0.2, 0) is 24.9 Å². The van der Waals surface area contributed by atoms with Crippen LogP contribution in [0.15, 0.2) is 87.4 Å². The third-order valence-corrected chi connectivity index (χ3v) is 5.61. The summed E-state index contributed by atoms with van der Waals surface area (Å²) in [5.74, 6) is 0.294. The number of furan rings is 2. The molecule has 1 radical (unpaired) electrons. The van der Waals surface area contributed by atoms with Crippen molar-refractivity contribution in [3.05, 3.63) is 96.1 Å². The maximum Gasteiger partial charge on any atom is 0.216 e. The van der Waals surface area contributed by atoms with E-state index in [1.165, 1.54) is 32.1 Å². The maximum atomic E-state index is 13.2. The van der Waals surface area contributed by atoms with Gasteiger partial charge in [-0.25, -0.2) is 9.37 Å². The summed E-state index contributed by atoms with van der Waals surface area (Å²) < 4.78 is 25.2. The van der Waals surface area contributed by atoms with Crippen molar-refractivity contribution in [2.75, 3.05) is 0 Å². The van der Waals surface area contributed by atoms with E-state index in [-0.39, 0.29) is 37.5 Å². The van der Waals surface area contributed by atoms with Gasteiger partial charge in [-0.3, -0.25) is 9.78 Å². The number of hydrogen-bond donors (Lipinski definition) is 1. The molecular weight excluding hydrogens is 664 g/mol. The molecule has 0 aliphatic rings. The van der Waals surface area contributed by atoms with Gasteiger partial charge < -0.3 is 13.9 Å². The van der Waals surface area contributed by atoms with Crippen molar-refractivity contribution in [2.45, 2.75) is 20.8 Å². The van der Waals surface area contributed by atoms with E-state index in [9.17, 15) is 9.18 Å². The Kier molecular flexibility index (Phi) is 7.86. The van der Waals surface area contributed by atoms with Crippen LogP contribution in [0.5, 0.6) is 0 Å². The van der Waals surface area contributed by atoms with Crippen LogP contribution in [0.2, 0.25) is 0 Å². The van der Waals surface area contributed by atoms with Crippen LogP contribution in [0, 0.1) is 18.8 Å². The van der Waals surface area contributed by atoms with Crippen molar-refractivity contribution in [1.29, 1.82) is 0 Å². The molecule has 0 atom stereocenters. The van der Waals surface area contributed by atoms with E-state index in [1.54, 1.807) is 12.1 Å². The normalized spacial score (nSPS) is 11.3. The van der Waals surface area contributed by atoms with Crippen molar-refractivity contribution in [3.63, 3.8) is 0 Å². The standard InChI is InChI=1S/C25H14FN2O2.C5H8O2.Ir/c1-14-5-10-18-17-3-2-4-19(24(17)30-25(18)27-14)20-11-12-22-21(28-20)13-23(29-22)15-6-8-16(26)9-7-15;1-4(6)3-5(2)7;/h2-3,5-13H,1H3;3,6H,1-2H3;/q-1;;/b;4-3-;. The molecule has 8 heteroatoms. The van der Waals surface area contributed by atoms with Crippen LogP contribution in [0.3, 0.4) is 0 Å². The zero-order chi connectivity index (χ0) is 26.1. The molecule has 0 aliphatic heterocycles. The van der Waals surface area contributed by atoms with Gasteiger partial charge in [-0.2, -0.15) is 0 Å². The Bertz CT molecular complexity index is 1800. The number of rotatable bonds is 3. The quantitative estimate of drug-likeness (QED) is 0.117. The number of benzene rings is 2. The number of aryl methyl sites for hydroxylation is 1. The van der Waals surface area contributed by atoms with Gasteiger partial charge in [0.25, 0.3) is 0 Å². The molecule has 2 aromatic carbocycles. The number of allylic oxidation sites excluding steroid dienone is 2. The number of carbonyl (C=O) groups excluding carboxylic acids is 1. The van der Waals surface area contributed by atoms with E-state index in [1.807, 2.05) is 49.4 Å². The number of hydrogen-bond acceptors (Lipinski definition) is 6. The molecule has 1 N–H and O–H groups in total. The Morgan fingerprint density at radius 2 is 1.74 bits per heavy atom. The van der Waals surface area contributed by atoms with Crippen LogP contribution in [0.4, 0.5) is 4.39 Å². The Morgan fingerprint density at radius 1 is 0.974 bits per heavy atom. The van der Waals surface area contributed by atoms with Crippen LogP contribution in [0.25, 0.3) is 55.7 Å². The number of pyridine rings is 2. The second-order valence-corrected chi connectivity index (χ2v) is 8.60. The molecule has 6 aromatic rings. The molecule has 0 aliphatic carbocycles. The number of fused-ring (bicyclic) bond motifs is 4. The smallest absolute Gasteiger partial charge is 0.216 e. The molecule has 0 amide bonds. The number of aliphatic hydroxyl groups is 1. The SMILES string of the molecule is CC(=O)/C=C(/C)O.Cc1ccc2c(n1)oc1c(-c3ccc4oc(-c5ccc(F)cc5)cc4n3)[c-]ccc12.[Ir]. The van der Waals surface area contributed by atoms with Gasteiger partial charge in [-0.05, 0) is 68.9 Å². The van der Waals surface area contributed by atoms with Gasteiger partial charge >= 0.3 is 0 Å². The number of aromatic nitrogens is 2. The zero-order valence-electron chi connectivity index (χ0n) is 20.7. The fraction of sp³-hybridized carbons (Fsp3) is 0.100. The molecule has 4 aromatic heterocycles. The minimum Gasteiger partial charge on any atom is -0.512 e. The Morgan fingerprint density at radius 3 is 2.42 bits per heavy atom. The zero-order valence-corrected chi connectivity index (χ0v) is 23.1. The molecule has 0 unspecified atom stereocenters. The molecular formula is C30H22FIrN2O4-. The van der Waals surface area contributed by atoms with Gasteiger partial charge in [0.2, 0.25) is 5.71 Å². The fourth-order valence-corrected chi connectivity index (χ4v) is 4.02. The second kappa shape index (κ2) is 11.1.